The number of carbonyl (C=O) groups excluding carboxylic acids is 3. The van der Waals surface area contributed by atoms with Crippen molar-refractivity contribution in [1.82, 2.24) is 10.2 Å². The van der Waals surface area contributed by atoms with Gasteiger partial charge in [0.2, 0.25) is 11.8 Å². The third kappa shape index (κ3) is 4.26. The van der Waals surface area contributed by atoms with Crippen LogP contribution in [-0.2, 0) is 11.3 Å². The molecule has 25 heavy (non-hydrogen) atoms. The lowest BCUT2D eigenvalue weighted by Crippen LogP contribution is -2.41. The van der Waals surface area contributed by atoms with E-state index in [2.05, 4.69) is 5.32 Å². The fourth-order valence-corrected chi connectivity index (χ4v) is 2.53. The van der Waals surface area contributed by atoms with Gasteiger partial charge in [-0.2, -0.15) is 0 Å². The molecule has 7 nitrogen and oxygen atoms in total. The number of nitrogens with zero attached hydrogens (tertiary/aromatic N) is 1. The summed E-state index contributed by atoms with van der Waals surface area (Å²) in [6.07, 6.45) is 4.66. The Morgan fingerprint density at radius 2 is 1.84 bits per heavy atom. The second-order valence-electron chi connectivity index (χ2n) is 6.01. The number of amides is 3. The van der Waals surface area contributed by atoms with Gasteiger partial charge in [-0.3, -0.25) is 14.4 Å². The molecule has 1 aromatic carbocycles. The molecule has 3 amide bonds. The van der Waals surface area contributed by atoms with Crippen LogP contribution in [0.15, 0.2) is 47.3 Å². The third-order valence-electron chi connectivity index (χ3n) is 4.08. The van der Waals surface area contributed by atoms with E-state index in [0.717, 1.165) is 18.4 Å². The van der Waals surface area contributed by atoms with Crippen LogP contribution < -0.4 is 11.1 Å². The van der Waals surface area contributed by atoms with Crippen molar-refractivity contribution in [1.29, 1.82) is 0 Å². The average Bonchev–Trinajstić information content (AvgIpc) is 3.30. The zero-order valence-electron chi connectivity index (χ0n) is 13.6. The van der Waals surface area contributed by atoms with Crippen molar-refractivity contribution in [3.05, 3.63) is 59.5 Å². The molecule has 1 aliphatic rings. The second-order valence-corrected chi connectivity index (χ2v) is 6.01. The van der Waals surface area contributed by atoms with E-state index in [1.807, 2.05) is 0 Å². The van der Waals surface area contributed by atoms with Crippen molar-refractivity contribution in [2.24, 2.45) is 5.73 Å². The highest BCUT2D eigenvalue weighted by molar-refractivity contribution is 5.96. The molecule has 1 aromatic heterocycles. The van der Waals surface area contributed by atoms with E-state index in [1.165, 1.54) is 12.5 Å². The zero-order valence-corrected chi connectivity index (χ0v) is 13.6. The van der Waals surface area contributed by atoms with Crippen molar-refractivity contribution >= 4 is 17.7 Å². The van der Waals surface area contributed by atoms with Crippen molar-refractivity contribution in [3.8, 4) is 0 Å². The van der Waals surface area contributed by atoms with E-state index in [9.17, 15) is 14.4 Å². The van der Waals surface area contributed by atoms with Gasteiger partial charge in [0.25, 0.3) is 5.91 Å². The zero-order chi connectivity index (χ0) is 17.8. The van der Waals surface area contributed by atoms with E-state index in [0.29, 0.717) is 17.7 Å². The molecule has 3 N–H and O–H groups in total. The lowest BCUT2D eigenvalue weighted by molar-refractivity contribution is -0.131. The second kappa shape index (κ2) is 7.21. The Morgan fingerprint density at radius 3 is 2.40 bits per heavy atom. The van der Waals surface area contributed by atoms with Crippen LogP contribution >= 0.6 is 0 Å². The number of rotatable bonds is 7. The number of furan rings is 1. The maximum atomic E-state index is 12.5. The maximum Gasteiger partial charge on any atom is 0.254 e. The van der Waals surface area contributed by atoms with E-state index < -0.39 is 5.91 Å². The fraction of sp³-hybridized carbons (Fsp3) is 0.278. The van der Waals surface area contributed by atoms with Crippen molar-refractivity contribution in [2.45, 2.75) is 25.4 Å². The van der Waals surface area contributed by atoms with Crippen LogP contribution in [0.2, 0.25) is 0 Å². The Morgan fingerprint density at radius 1 is 1.12 bits per heavy atom. The lowest BCUT2D eigenvalue weighted by atomic mass is 10.1. The van der Waals surface area contributed by atoms with E-state index in [4.69, 9.17) is 10.2 Å². The molecule has 0 spiro atoms. The summed E-state index contributed by atoms with van der Waals surface area (Å²) in [4.78, 5) is 37.3. The molecule has 130 valence electrons. The Hall–Kier alpha value is -3.09. The summed E-state index contributed by atoms with van der Waals surface area (Å²) >= 11 is 0. The SMILES string of the molecule is NC(=O)c1ccc(CN(C(=O)CNC(=O)c2ccoc2)C2CC2)cc1. The van der Waals surface area contributed by atoms with Gasteiger partial charge in [-0.25, -0.2) is 0 Å². The van der Waals surface area contributed by atoms with Gasteiger partial charge < -0.3 is 20.4 Å². The normalized spacial score (nSPS) is 13.3. The quantitative estimate of drug-likeness (QED) is 0.791. The van der Waals surface area contributed by atoms with Crippen LogP contribution in [0, 0.1) is 0 Å². The number of benzene rings is 1. The van der Waals surface area contributed by atoms with Crippen molar-refractivity contribution in [3.63, 3.8) is 0 Å². The largest absolute Gasteiger partial charge is 0.472 e. The summed E-state index contributed by atoms with van der Waals surface area (Å²) in [7, 11) is 0. The van der Waals surface area contributed by atoms with Gasteiger partial charge in [0, 0.05) is 18.2 Å². The molecule has 1 heterocycles. The van der Waals surface area contributed by atoms with Crippen LogP contribution in [0.5, 0.6) is 0 Å². The molecule has 1 fully saturated rings. The van der Waals surface area contributed by atoms with Gasteiger partial charge >= 0.3 is 0 Å². The standard InChI is InChI=1S/C18H19N3O4/c19-17(23)13-3-1-12(2-4-13)10-21(15-5-6-15)16(22)9-20-18(24)14-7-8-25-11-14/h1-4,7-8,11,15H,5-6,9-10H2,(H2,19,23)(H,20,24). The molecule has 0 radical (unpaired) electrons. The first-order valence-corrected chi connectivity index (χ1v) is 8.03. The first-order valence-electron chi connectivity index (χ1n) is 8.03. The summed E-state index contributed by atoms with van der Waals surface area (Å²) in [5.41, 5.74) is 6.95. The monoisotopic (exact) mass is 341 g/mol. The summed E-state index contributed by atoms with van der Waals surface area (Å²) in [5.74, 6) is -0.967. The molecule has 1 saturated carbocycles. The Bertz CT molecular complexity index is 764. The molecule has 0 unspecified atom stereocenters. The Kier molecular flexibility index (Phi) is 4.83. The number of nitrogens with one attached hydrogen (secondary N) is 1. The highest BCUT2D eigenvalue weighted by atomic mass is 16.3. The number of nitrogens with two attached hydrogens (primary N) is 1. The summed E-state index contributed by atoms with van der Waals surface area (Å²) in [6.45, 7) is 0.365. The molecule has 0 aliphatic heterocycles. The first kappa shape index (κ1) is 16.8. The highest BCUT2D eigenvalue weighted by Crippen LogP contribution is 2.28. The van der Waals surface area contributed by atoms with Gasteiger partial charge in [0.1, 0.15) is 6.26 Å². The molecule has 0 saturated heterocycles. The number of primary amides is 1. The van der Waals surface area contributed by atoms with E-state index >= 15 is 0 Å². The van der Waals surface area contributed by atoms with Crippen LogP contribution in [-0.4, -0.2) is 35.2 Å². The van der Waals surface area contributed by atoms with Crippen molar-refractivity contribution < 1.29 is 18.8 Å². The van der Waals surface area contributed by atoms with Crippen LogP contribution in [0.3, 0.4) is 0 Å². The highest BCUT2D eigenvalue weighted by Gasteiger charge is 2.32. The Balaban J connectivity index is 1.59. The molecular formula is C18H19N3O4. The van der Waals surface area contributed by atoms with E-state index in [-0.39, 0.29) is 24.4 Å². The molecule has 3 rings (SSSR count). The van der Waals surface area contributed by atoms with Gasteiger partial charge in [0.05, 0.1) is 18.4 Å². The molecular weight excluding hydrogens is 322 g/mol. The molecule has 1 aliphatic carbocycles. The van der Waals surface area contributed by atoms with Gasteiger partial charge in [0.15, 0.2) is 0 Å². The summed E-state index contributed by atoms with van der Waals surface area (Å²) < 4.78 is 4.85. The molecule has 2 aromatic rings. The average molecular weight is 341 g/mol. The third-order valence-corrected chi connectivity index (χ3v) is 4.08. The predicted octanol–water partition coefficient (Wildman–Crippen LogP) is 1.30. The van der Waals surface area contributed by atoms with Gasteiger partial charge in [-0.15, -0.1) is 0 Å². The minimum absolute atomic E-state index is 0.0696. The van der Waals surface area contributed by atoms with Gasteiger partial charge in [-0.05, 0) is 36.6 Å². The Labute approximate surface area is 144 Å². The van der Waals surface area contributed by atoms with Crippen LogP contribution in [0.1, 0.15) is 39.1 Å². The lowest BCUT2D eigenvalue weighted by Gasteiger charge is -2.23. The van der Waals surface area contributed by atoms with Crippen LogP contribution in [0.4, 0.5) is 0 Å². The minimum atomic E-state index is -0.483. The van der Waals surface area contributed by atoms with Gasteiger partial charge in [-0.1, -0.05) is 12.1 Å². The molecule has 7 heteroatoms. The predicted molar refractivity (Wildman–Crippen MR) is 89.6 cm³/mol. The van der Waals surface area contributed by atoms with Crippen molar-refractivity contribution in [2.75, 3.05) is 6.54 Å². The molecule has 0 bridgehead atoms. The number of hydrogen-bond acceptors (Lipinski definition) is 4. The maximum absolute atomic E-state index is 12.5. The minimum Gasteiger partial charge on any atom is -0.472 e. The number of carbonyl (C=O) groups is 3. The first-order chi connectivity index (χ1) is 12.0. The smallest absolute Gasteiger partial charge is 0.254 e. The topological polar surface area (TPSA) is 106 Å². The summed E-state index contributed by atoms with van der Waals surface area (Å²) in [5, 5.41) is 2.61. The summed E-state index contributed by atoms with van der Waals surface area (Å²) in [6, 6.07) is 8.61. The van der Waals surface area contributed by atoms with E-state index in [1.54, 1.807) is 35.2 Å². The fourth-order valence-electron chi connectivity index (χ4n) is 2.53. The number of hydrogen-bond donors (Lipinski definition) is 2. The molecule has 0 atom stereocenters. The van der Waals surface area contributed by atoms with Crippen LogP contribution in [0.25, 0.3) is 0 Å².